The quantitative estimate of drug-likeness (QED) is 0.157. The number of aromatic nitrogens is 3. The maximum absolute atomic E-state index is 5.14. The van der Waals surface area contributed by atoms with Crippen molar-refractivity contribution in [1.82, 2.24) is 15.0 Å². The van der Waals surface area contributed by atoms with Gasteiger partial charge >= 0.3 is 0 Å². The minimum atomic E-state index is 0.631. The summed E-state index contributed by atoms with van der Waals surface area (Å²) >= 11 is 0. The maximum Gasteiger partial charge on any atom is 0.164 e. The van der Waals surface area contributed by atoms with Gasteiger partial charge in [-0.05, 0) is 128 Å². The molecule has 3 heteroatoms. The Balaban J connectivity index is 0.972. The van der Waals surface area contributed by atoms with Crippen LogP contribution in [0.2, 0.25) is 0 Å². The van der Waals surface area contributed by atoms with Crippen LogP contribution in [0, 0.1) is 0 Å². The van der Waals surface area contributed by atoms with E-state index in [1.807, 2.05) is 0 Å². The average molecular weight is 838 g/mol. The lowest BCUT2D eigenvalue weighted by atomic mass is 9.84. The van der Waals surface area contributed by atoms with Crippen LogP contribution in [0.3, 0.4) is 0 Å². The van der Waals surface area contributed by atoms with Crippen LogP contribution in [0.5, 0.6) is 0 Å². The van der Waals surface area contributed by atoms with Crippen molar-refractivity contribution >= 4 is 64.6 Å². The van der Waals surface area contributed by atoms with E-state index < -0.39 is 0 Å². The molecule has 306 valence electrons. The molecule has 13 aromatic rings. The lowest BCUT2D eigenvalue weighted by Crippen LogP contribution is -2.00. The van der Waals surface area contributed by atoms with E-state index in [0.717, 1.165) is 38.6 Å². The van der Waals surface area contributed by atoms with Crippen molar-refractivity contribution in [3.05, 3.63) is 237 Å². The van der Waals surface area contributed by atoms with Gasteiger partial charge in [0.2, 0.25) is 0 Å². The predicted molar refractivity (Wildman–Crippen MR) is 277 cm³/mol. The second kappa shape index (κ2) is 15.5. The summed E-state index contributed by atoms with van der Waals surface area (Å²) in [5, 5.41) is 14.5. The van der Waals surface area contributed by atoms with Gasteiger partial charge in [-0.25, -0.2) is 15.0 Å². The molecule has 0 bridgehead atoms. The van der Waals surface area contributed by atoms with E-state index in [-0.39, 0.29) is 0 Å². The van der Waals surface area contributed by atoms with Crippen LogP contribution < -0.4 is 0 Å². The van der Waals surface area contributed by atoms with E-state index in [1.54, 1.807) is 0 Å². The molecule has 0 fully saturated rings. The van der Waals surface area contributed by atoms with Crippen LogP contribution in [0.1, 0.15) is 0 Å². The van der Waals surface area contributed by atoms with Crippen molar-refractivity contribution in [1.29, 1.82) is 0 Å². The van der Waals surface area contributed by atoms with Crippen LogP contribution in [0.4, 0.5) is 0 Å². The van der Waals surface area contributed by atoms with Gasteiger partial charge in [-0.3, -0.25) is 0 Å². The predicted octanol–water partition coefficient (Wildman–Crippen LogP) is 16.8. The van der Waals surface area contributed by atoms with E-state index in [4.69, 9.17) is 15.0 Å². The molecule has 12 aromatic carbocycles. The summed E-state index contributed by atoms with van der Waals surface area (Å²) in [4.78, 5) is 15.4. The second-order valence-corrected chi connectivity index (χ2v) is 17.2. The molecular formula is C63H39N3. The van der Waals surface area contributed by atoms with Crippen molar-refractivity contribution in [3.63, 3.8) is 0 Å². The van der Waals surface area contributed by atoms with Gasteiger partial charge in [0, 0.05) is 16.7 Å². The molecule has 1 heterocycles. The first kappa shape index (κ1) is 37.7. The Morgan fingerprint density at radius 1 is 0.182 bits per heavy atom. The summed E-state index contributed by atoms with van der Waals surface area (Å²) in [6, 6.07) is 85.3. The van der Waals surface area contributed by atoms with Crippen molar-refractivity contribution < 1.29 is 0 Å². The Kier molecular flexibility index (Phi) is 8.85. The minimum Gasteiger partial charge on any atom is -0.208 e. The van der Waals surface area contributed by atoms with Gasteiger partial charge in [0.15, 0.2) is 17.5 Å². The molecule has 13 rings (SSSR count). The fourth-order valence-corrected chi connectivity index (χ4v) is 9.90. The monoisotopic (exact) mass is 837 g/mol. The first-order valence-electron chi connectivity index (χ1n) is 22.5. The minimum absolute atomic E-state index is 0.631. The third kappa shape index (κ3) is 6.56. The fourth-order valence-electron chi connectivity index (χ4n) is 9.90. The highest BCUT2D eigenvalue weighted by Gasteiger charge is 2.19. The Bertz CT molecular complexity index is 3960. The molecule has 66 heavy (non-hydrogen) atoms. The summed E-state index contributed by atoms with van der Waals surface area (Å²) in [5.41, 5.74) is 9.97. The number of benzene rings is 12. The van der Waals surface area contributed by atoms with Gasteiger partial charge < -0.3 is 0 Å². The Hall–Kier alpha value is -8.79. The zero-order chi connectivity index (χ0) is 43.6. The summed E-state index contributed by atoms with van der Waals surface area (Å²) in [7, 11) is 0. The molecule has 0 radical (unpaired) electrons. The molecule has 3 nitrogen and oxygen atoms in total. The zero-order valence-electron chi connectivity index (χ0n) is 35.9. The van der Waals surface area contributed by atoms with E-state index >= 15 is 0 Å². The first-order chi connectivity index (χ1) is 32.7. The fraction of sp³-hybridized carbons (Fsp3) is 0. The average Bonchev–Trinajstić information content (AvgIpc) is 3.39. The molecule has 0 N–H and O–H groups in total. The normalized spacial score (nSPS) is 11.6. The van der Waals surface area contributed by atoms with Gasteiger partial charge in [-0.1, -0.05) is 206 Å². The SMILES string of the molecule is c1ccc2cc(-c3nc(-c4ccc(-c5ccc6c(-c7ccc8ccccc8c7)c7ccccc7c(-c7ccc8ccccc8c7)c6c5)cc4)nc(-c4ccc5ccccc5c4)n3)ccc2c1. The summed E-state index contributed by atoms with van der Waals surface area (Å²) < 4.78 is 0. The maximum atomic E-state index is 5.14. The van der Waals surface area contributed by atoms with E-state index in [0.29, 0.717) is 17.5 Å². The lowest BCUT2D eigenvalue weighted by Gasteiger charge is -2.19. The topological polar surface area (TPSA) is 38.7 Å². The van der Waals surface area contributed by atoms with Gasteiger partial charge in [-0.15, -0.1) is 0 Å². The molecule has 0 aliphatic rings. The molecule has 0 atom stereocenters. The molecule has 0 spiro atoms. The largest absolute Gasteiger partial charge is 0.208 e. The Labute approximate surface area is 382 Å². The molecule has 0 unspecified atom stereocenters. The number of rotatable bonds is 6. The second-order valence-electron chi connectivity index (χ2n) is 17.2. The molecule has 0 amide bonds. The number of hydrogen-bond donors (Lipinski definition) is 0. The number of fused-ring (bicyclic) bond motifs is 6. The molecule has 0 saturated carbocycles. The van der Waals surface area contributed by atoms with E-state index in [1.165, 1.54) is 76.1 Å². The van der Waals surface area contributed by atoms with Crippen molar-refractivity contribution in [3.8, 4) is 67.5 Å². The van der Waals surface area contributed by atoms with E-state index in [2.05, 4.69) is 237 Å². The van der Waals surface area contributed by atoms with Gasteiger partial charge in [0.05, 0.1) is 0 Å². The molecule has 0 aliphatic carbocycles. The van der Waals surface area contributed by atoms with Crippen LogP contribution in [-0.4, -0.2) is 15.0 Å². The van der Waals surface area contributed by atoms with Crippen molar-refractivity contribution in [2.75, 3.05) is 0 Å². The van der Waals surface area contributed by atoms with Crippen LogP contribution in [0.25, 0.3) is 132 Å². The van der Waals surface area contributed by atoms with Gasteiger partial charge in [0.25, 0.3) is 0 Å². The highest BCUT2D eigenvalue weighted by atomic mass is 15.0. The number of hydrogen-bond acceptors (Lipinski definition) is 3. The van der Waals surface area contributed by atoms with Crippen molar-refractivity contribution in [2.45, 2.75) is 0 Å². The first-order valence-corrected chi connectivity index (χ1v) is 22.5. The standard InChI is InChI=1S/C63H39N3/c1-5-15-46-35-51(29-23-40(46)11-1)59-55-19-9-10-20-56(55)60(52-30-24-41-12-2-6-16-47(41)36-52)58-39-50(33-34-57(58)59)44-21-27-45(28-22-44)61-64-62(53-31-25-42-13-3-7-17-48(42)37-53)66-63(65-61)54-32-26-43-14-4-8-18-49(43)38-54/h1-39H. The molecule has 0 aliphatic heterocycles. The summed E-state index contributed by atoms with van der Waals surface area (Å²) in [6.45, 7) is 0. The molecule has 0 saturated heterocycles. The summed E-state index contributed by atoms with van der Waals surface area (Å²) in [6.07, 6.45) is 0. The Morgan fingerprint density at radius 2 is 0.485 bits per heavy atom. The lowest BCUT2D eigenvalue weighted by molar-refractivity contribution is 1.08. The molecule has 1 aromatic heterocycles. The van der Waals surface area contributed by atoms with E-state index in [9.17, 15) is 0 Å². The highest BCUT2D eigenvalue weighted by molar-refractivity contribution is 6.22. The highest BCUT2D eigenvalue weighted by Crippen LogP contribution is 2.46. The third-order valence-corrected chi connectivity index (χ3v) is 13.2. The number of nitrogens with zero attached hydrogens (tertiary/aromatic N) is 3. The Morgan fingerprint density at radius 3 is 0.939 bits per heavy atom. The van der Waals surface area contributed by atoms with Crippen LogP contribution >= 0.6 is 0 Å². The smallest absolute Gasteiger partial charge is 0.164 e. The zero-order valence-corrected chi connectivity index (χ0v) is 35.9. The van der Waals surface area contributed by atoms with Crippen LogP contribution in [-0.2, 0) is 0 Å². The van der Waals surface area contributed by atoms with Gasteiger partial charge in [-0.2, -0.15) is 0 Å². The third-order valence-electron chi connectivity index (χ3n) is 13.2. The molecular weight excluding hydrogens is 799 g/mol. The van der Waals surface area contributed by atoms with Gasteiger partial charge in [0.1, 0.15) is 0 Å². The van der Waals surface area contributed by atoms with Crippen molar-refractivity contribution in [2.24, 2.45) is 0 Å². The summed E-state index contributed by atoms with van der Waals surface area (Å²) in [5.74, 6) is 1.91. The van der Waals surface area contributed by atoms with Crippen LogP contribution in [0.15, 0.2) is 237 Å².